The van der Waals surface area contributed by atoms with Crippen molar-refractivity contribution in [2.75, 3.05) is 4.90 Å². The molecule has 1 aliphatic rings. The summed E-state index contributed by atoms with van der Waals surface area (Å²) in [4.78, 5) is 14.7. The van der Waals surface area contributed by atoms with Gasteiger partial charge < -0.3 is 4.42 Å². The number of nitriles is 1. The highest BCUT2D eigenvalue weighted by atomic mass is 35.5. The van der Waals surface area contributed by atoms with Gasteiger partial charge in [-0.1, -0.05) is 59.3 Å². The number of hydrogen-bond acceptors (Lipinski definition) is 5. The maximum Gasteiger partial charge on any atom is 0.270 e. The van der Waals surface area contributed by atoms with Crippen LogP contribution in [0.15, 0.2) is 63.9 Å². The van der Waals surface area contributed by atoms with E-state index in [1.165, 1.54) is 16.7 Å². The van der Waals surface area contributed by atoms with E-state index in [-0.39, 0.29) is 5.91 Å². The van der Waals surface area contributed by atoms with Gasteiger partial charge in [-0.15, -0.1) is 0 Å². The maximum absolute atomic E-state index is 12.9. The number of nitrogens with zero attached hydrogens (tertiary/aromatic N) is 2. The predicted molar refractivity (Wildman–Crippen MR) is 121 cm³/mol. The predicted octanol–water partition coefficient (Wildman–Crippen LogP) is 6.53. The third-order valence-electron chi connectivity index (χ3n) is 4.17. The molecular weight excluding hydrogens is 447 g/mol. The summed E-state index contributed by atoms with van der Waals surface area (Å²) in [7, 11) is 0. The van der Waals surface area contributed by atoms with E-state index in [1.54, 1.807) is 48.5 Å². The summed E-state index contributed by atoms with van der Waals surface area (Å²) in [5.41, 5.74) is 1.76. The minimum atomic E-state index is -0.270. The molecule has 0 aliphatic carbocycles. The van der Waals surface area contributed by atoms with Crippen molar-refractivity contribution in [3.05, 3.63) is 80.9 Å². The second kappa shape index (κ2) is 8.05. The molecule has 0 bridgehead atoms. The van der Waals surface area contributed by atoms with Gasteiger partial charge in [0.25, 0.3) is 5.91 Å². The first-order valence-electron chi connectivity index (χ1n) is 8.30. The first kappa shape index (κ1) is 19.7. The molecule has 0 N–H and O–H groups in total. The Kier molecular flexibility index (Phi) is 5.48. The first-order valence-corrected chi connectivity index (χ1v) is 10.3. The zero-order chi connectivity index (χ0) is 20.5. The molecule has 0 saturated carbocycles. The van der Waals surface area contributed by atoms with Gasteiger partial charge in [0.2, 0.25) is 0 Å². The summed E-state index contributed by atoms with van der Waals surface area (Å²) in [6.45, 7) is 0. The van der Waals surface area contributed by atoms with E-state index in [0.717, 1.165) is 0 Å². The third-order valence-corrected chi connectivity index (χ3v) is 6.21. The fourth-order valence-electron chi connectivity index (χ4n) is 2.81. The first-order chi connectivity index (χ1) is 14.0. The van der Waals surface area contributed by atoms with Crippen molar-refractivity contribution >= 4 is 69.2 Å². The number of anilines is 1. The molecule has 1 fully saturated rings. The molecule has 2 heterocycles. The van der Waals surface area contributed by atoms with Crippen molar-refractivity contribution in [3.63, 3.8) is 0 Å². The molecule has 0 radical (unpaired) electrons. The van der Waals surface area contributed by atoms with Crippen LogP contribution in [0, 0.1) is 11.3 Å². The minimum Gasteiger partial charge on any atom is -0.457 e. The van der Waals surface area contributed by atoms with Crippen LogP contribution in [0.5, 0.6) is 0 Å². The van der Waals surface area contributed by atoms with Gasteiger partial charge in [-0.2, -0.15) is 5.26 Å². The Balaban J connectivity index is 1.64. The second-order valence-electron chi connectivity index (χ2n) is 5.97. The molecule has 1 amide bonds. The van der Waals surface area contributed by atoms with Gasteiger partial charge in [-0.3, -0.25) is 9.69 Å². The normalized spacial score (nSPS) is 15.2. The summed E-state index contributed by atoms with van der Waals surface area (Å²) >= 11 is 18.6. The van der Waals surface area contributed by atoms with Crippen LogP contribution in [0.2, 0.25) is 10.0 Å². The zero-order valence-electron chi connectivity index (χ0n) is 14.6. The molecule has 3 aromatic rings. The lowest BCUT2D eigenvalue weighted by atomic mass is 10.1. The van der Waals surface area contributed by atoms with E-state index in [0.29, 0.717) is 47.6 Å². The molecule has 4 nitrogen and oxygen atoms in total. The van der Waals surface area contributed by atoms with E-state index in [9.17, 15) is 10.1 Å². The Morgan fingerprint density at radius 3 is 2.66 bits per heavy atom. The molecule has 1 saturated heterocycles. The molecule has 0 atom stereocenters. The van der Waals surface area contributed by atoms with E-state index in [4.69, 9.17) is 39.8 Å². The Bertz CT molecular complexity index is 1230. The van der Waals surface area contributed by atoms with Crippen molar-refractivity contribution in [2.24, 2.45) is 0 Å². The average molecular weight is 457 g/mol. The summed E-state index contributed by atoms with van der Waals surface area (Å²) in [6.07, 6.45) is 1.63. The van der Waals surface area contributed by atoms with Gasteiger partial charge in [-0.05, 0) is 42.5 Å². The highest BCUT2D eigenvalue weighted by molar-refractivity contribution is 8.27. The average Bonchev–Trinajstić information content (AvgIpc) is 3.29. The number of thiocarbonyl (C=S) groups is 1. The van der Waals surface area contributed by atoms with Gasteiger partial charge >= 0.3 is 0 Å². The molecule has 2 aromatic carbocycles. The van der Waals surface area contributed by atoms with Crippen molar-refractivity contribution in [1.29, 1.82) is 5.26 Å². The van der Waals surface area contributed by atoms with Crippen LogP contribution in [0.3, 0.4) is 0 Å². The van der Waals surface area contributed by atoms with E-state index in [1.807, 2.05) is 12.1 Å². The zero-order valence-corrected chi connectivity index (χ0v) is 17.7. The number of thioether (sulfide) groups is 1. The van der Waals surface area contributed by atoms with Crippen LogP contribution in [-0.2, 0) is 4.79 Å². The molecule has 8 heteroatoms. The Labute approximate surface area is 186 Å². The monoisotopic (exact) mass is 456 g/mol. The summed E-state index contributed by atoms with van der Waals surface area (Å²) in [5.74, 6) is 0.768. The number of hydrogen-bond donors (Lipinski definition) is 0. The van der Waals surface area contributed by atoms with Gasteiger partial charge in [-0.25, -0.2) is 0 Å². The number of carbonyl (C=O) groups excluding carboxylic acids is 1. The second-order valence-corrected chi connectivity index (χ2v) is 8.47. The molecule has 29 heavy (non-hydrogen) atoms. The molecule has 1 aliphatic heterocycles. The van der Waals surface area contributed by atoms with Crippen LogP contribution in [0.4, 0.5) is 5.69 Å². The number of amides is 1. The molecule has 4 rings (SSSR count). The van der Waals surface area contributed by atoms with Crippen molar-refractivity contribution in [3.8, 4) is 17.4 Å². The standard InChI is InChI=1S/C21H10Cl2N2O2S2/c22-16-7-5-13(9-17(16)23)25-20(26)19(29-21(25)28)10-14-6-8-18(27-14)15-4-2-1-3-12(15)11-24/h1-10H/b19-10-. The highest BCUT2D eigenvalue weighted by Gasteiger charge is 2.33. The maximum atomic E-state index is 12.9. The number of halogens is 2. The molecular formula is C21H10Cl2N2O2S2. The number of rotatable bonds is 3. The van der Waals surface area contributed by atoms with Gasteiger partial charge in [0.1, 0.15) is 11.5 Å². The van der Waals surface area contributed by atoms with E-state index in [2.05, 4.69) is 6.07 Å². The highest BCUT2D eigenvalue weighted by Crippen LogP contribution is 2.38. The lowest BCUT2D eigenvalue weighted by Crippen LogP contribution is -2.27. The summed E-state index contributed by atoms with van der Waals surface area (Å²) in [5, 5.41) is 10.0. The van der Waals surface area contributed by atoms with Crippen LogP contribution in [-0.4, -0.2) is 10.2 Å². The van der Waals surface area contributed by atoms with Gasteiger partial charge in [0, 0.05) is 11.6 Å². The van der Waals surface area contributed by atoms with Crippen LogP contribution >= 0.6 is 47.2 Å². The molecule has 1 aromatic heterocycles. The molecule has 0 unspecified atom stereocenters. The van der Waals surface area contributed by atoms with Crippen molar-refractivity contribution in [2.45, 2.75) is 0 Å². The Morgan fingerprint density at radius 2 is 1.90 bits per heavy atom. The van der Waals surface area contributed by atoms with Gasteiger partial charge in [0.15, 0.2) is 4.32 Å². The Morgan fingerprint density at radius 1 is 1.10 bits per heavy atom. The summed E-state index contributed by atoms with van der Waals surface area (Å²) < 4.78 is 6.23. The van der Waals surface area contributed by atoms with Crippen LogP contribution in [0.1, 0.15) is 11.3 Å². The van der Waals surface area contributed by atoms with Crippen molar-refractivity contribution in [1.82, 2.24) is 0 Å². The van der Waals surface area contributed by atoms with Gasteiger partial charge in [0.05, 0.1) is 32.3 Å². The fraction of sp³-hybridized carbons (Fsp3) is 0. The minimum absolute atomic E-state index is 0.270. The third kappa shape index (κ3) is 3.83. The van der Waals surface area contributed by atoms with E-state index < -0.39 is 0 Å². The quantitative estimate of drug-likeness (QED) is 0.331. The van der Waals surface area contributed by atoms with E-state index >= 15 is 0 Å². The fourth-order valence-corrected chi connectivity index (χ4v) is 4.39. The lowest BCUT2D eigenvalue weighted by Gasteiger charge is -2.15. The number of benzene rings is 2. The molecule has 0 spiro atoms. The largest absolute Gasteiger partial charge is 0.457 e. The smallest absolute Gasteiger partial charge is 0.270 e. The summed E-state index contributed by atoms with van der Waals surface area (Å²) in [6, 6.07) is 17.7. The van der Waals surface area contributed by atoms with Crippen LogP contribution in [0.25, 0.3) is 17.4 Å². The number of carbonyl (C=O) groups is 1. The number of furan rings is 1. The molecule has 142 valence electrons. The van der Waals surface area contributed by atoms with Crippen LogP contribution < -0.4 is 4.90 Å². The Hall–Kier alpha value is -2.56. The topological polar surface area (TPSA) is 57.2 Å². The van der Waals surface area contributed by atoms with Crippen molar-refractivity contribution < 1.29 is 9.21 Å². The lowest BCUT2D eigenvalue weighted by molar-refractivity contribution is -0.113. The SMILES string of the molecule is N#Cc1ccccc1-c1ccc(/C=C2\SC(=S)N(c3ccc(Cl)c(Cl)c3)C2=O)o1.